The van der Waals surface area contributed by atoms with Gasteiger partial charge in [-0.2, -0.15) is 26.3 Å². The van der Waals surface area contributed by atoms with Gasteiger partial charge in [0.05, 0.1) is 33.6 Å². The van der Waals surface area contributed by atoms with Crippen molar-refractivity contribution in [2.24, 2.45) is 0 Å². The summed E-state index contributed by atoms with van der Waals surface area (Å²) in [6, 6.07) is 39.5. The van der Waals surface area contributed by atoms with E-state index in [0.717, 1.165) is 29.8 Å². The lowest BCUT2D eigenvalue weighted by atomic mass is 9.98. The van der Waals surface area contributed by atoms with Crippen LogP contribution in [0, 0.1) is 0 Å². The Morgan fingerprint density at radius 1 is 0.507 bits per heavy atom. The number of esters is 1. The number of amides is 4. The number of hydrogen-bond donors (Lipinski definition) is 3. The molecule has 0 unspecified atom stereocenters. The molecule has 0 radical (unpaired) electrons. The highest BCUT2D eigenvalue weighted by Crippen LogP contribution is 2.34. The van der Waals surface area contributed by atoms with Crippen molar-refractivity contribution in [2.75, 3.05) is 45.4 Å². The highest BCUT2D eigenvalue weighted by Gasteiger charge is 2.31. The Bertz CT molecular complexity index is 3110. The number of nitrogens with one attached hydrogen (secondary N) is 2. The number of halogens is 6. The first-order chi connectivity index (χ1) is 34.6. The van der Waals surface area contributed by atoms with Gasteiger partial charge in [-0.05, 0) is 101 Å². The summed E-state index contributed by atoms with van der Waals surface area (Å²) in [5.41, 5.74) is 1.96. The molecule has 4 amide bonds. The van der Waals surface area contributed by atoms with Crippen LogP contribution < -0.4 is 15.4 Å². The smallest absolute Gasteiger partial charge is 0.416 e. The predicted molar refractivity (Wildman–Crippen MR) is 262 cm³/mol. The van der Waals surface area contributed by atoms with E-state index in [1.165, 1.54) is 96.7 Å². The lowest BCUT2D eigenvalue weighted by Gasteiger charge is -2.17. The van der Waals surface area contributed by atoms with Crippen molar-refractivity contribution in [1.82, 2.24) is 9.80 Å². The van der Waals surface area contributed by atoms with E-state index in [4.69, 9.17) is 9.47 Å². The first-order valence-electron chi connectivity index (χ1n) is 22.0. The Hall–Kier alpha value is -8.93. The number of anilines is 2. The molecule has 18 heteroatoms. The average Bonchev–Trinajstić information content (AvgIpc) is 3.37. The molecule has 7 aromatic carbocycles. The number of nitrogens with zero attached hydrogens (tertiary/aromatic N) is 2. The fourth-order valence-electron chi connectivity index (χ4n) is 7.04. The van der Waals surface area contributed by atoms with E-state index in [9.17, 15) is 55.4 Å². The van der Waals surface area contributed by atoms with Gasteiger partial charge < -0.3 is 35.0 Å². The monoisotopic (exact) mass is 1000 g/mol. The minimum absolute atomic E-state index is 0.0896. The van der Waals surface area contributed by atoms with Crippen LogP contribution in [0.15, 0.2) is 164 Å². The van der Waals surface area contributed by atoms with Gasteiger partial charge in [-0.1, -0.05) is 91.0 Å². The molecular weight excluding hydrogens is 959 g/mol. The highest BCUT2D eigenvalue weighted by atomic mass is 19.4. The number of ether oxygens (including phenoxy) is 2. The standard InChI is InChI=1S/C32H27F3N2O5.C23H19F3N2O3/c1-37(2)31(40)27-18-24(41-20-29(38)42-19-21-8-4-3-5-9-21)16-17-28(27)36-30(39)26-11-7-6-10-25(26)22-12-14-23(15-13-22)32(33,34)35;1-28(2)22(31)19-13-16(29)11-12-20(19)27-21(30)18-6-4-3-5-17(18)14-7-9-15(10-8-14)23(24,25)26/h3-18H,19-20H2,1-2H3,(H,36,39);3-13,29H,1-2H3,(H,27,30). The van der Waals surface area contributed by atoms with Crippen molar-refractivity contribution in [2.45, 2.75) is 19.0 Å². The van der Waals surface area contributed by atoms with Crippen LogP contribution in [-0.2, 0) is 28.5 Å². The average molecular weight is 1000 g/mol. The summed E-state index contributed by atoms with van der Waals surface area (Å²) in [6.07, 6.45) is -8.94. The van der Waals surface area contributed by atoms with Crippen molar-refractivity contribution in [3.05, 3.63) is 203 Å². The normalized spacial score (nSPS) is 11.0. The maximum atomic E-state index is 13.4. The third-order valence-electron chi connectivity index (χ3n) is 10.8. The molecule has 0 aromatic heterocycles. The lowest BCUT2D eigenvalue weighted by molar-refractivity contribution is -0.147. The molecule has 0 aliphatic carbocycles. The number of alkyl halides is 6. The molecule has 376 valence electrons. The summed E-state index contributed by atoms with van der Waals surface area (Å²) < 4.78 is 88.4. The van der Waals surface area contributed by atoms with Gasteiger partial charge in [-0.3, -0.25) is 19.2 Å². The van der Waals surface area contributed by atoms with Gasteiger partial charge in [0, 0.05) is 39.3 Å². The van der Waals surface area contributed by atoms with E-state index in [1.807, 2.05) is 30.3 Å². The van der Waals surface area contributed by atoms with Crippen LogP contribution in [0.2, 0.25) is 0 Å². The largest absolute Gasteiger partial charge is 0.508 e. The molecular formula is C55H46F6N4O8. The second-order valence-electron chi connectivity index (χ2n) is 16.4. The predicted octanol–water partition coefficient (Wildman–Crippen LogP) is 11.5. The quantitative estimate of drug-likeness (QED) is 0.0586. The highest BCUT2D eigenvalue weighted by molar-refractivity contribution is 6.13. The number of carbonyl (C=O) groups excluding carboxylic acids is 5. The molecule has 0 atom stereocenters. The third-order valence-corrected chi connectivity index (χ3v) is 10.8. The first kappa shape index (κ1) is 53.4. The summed E-state index contributed by atoms with van der Waals surface area (Å²) in [7, 11) is 6.17. The third kappa shape index (κ3) is 14.1. The number of aromatic hydroxyl groups is 1. The molecule has 12 nitrogen and oxygen atoms in total. The SMILES string of the molecule is CN(C)C(=O)c1cc(O)ccc1NC(=O)c1ccccc1-c1ccc(C(F)(F)F)cc1.CN(C)C(=O)c1cc(OCC(=O)OCc2ccccc2)ccc1NC(=O)c1ccccc1-c1ccc(C(F)(F)F)cc1. The summed E-state index contributed by atoms with van der Waals surface area (Å²) >= 11 is 0. The number of carbonyl (C=O) groups is 5. The van der Waals surface area contributed by atoms with Gasteiger partial charge >= 0.3 is 18.3 Å². The summed E-state index contributed by atoms with van der Waals surface area (Å²) in [6.45, 7) is -0.305. The molecule has 0 saturated heterocycles. The zero-order chi connectivity index (χ0) is 53.0. The van der Waals surface area contributed by atoms with Gasteiger partial charge in [-0.15, -0.1) is 0 Å². The van der Waals surface area contributed by atoms with Crippen molar-refractivity contribution in [1.29, 1.82) is 0 Å². The van der Waals surface area contributed by atoms with E-state index in [-0.39, 0.29) is 51.7 Å². The van der Waals surface area contributed by atoms with E-state index >= 15 is 0 Å². The Morgan fingerprint density at radius 2 is 0.932 bits per heavy atom. The van der Waals surface area contributed by atoms with Crippen LogP contribution in [0.25, 0.3) is 22.3 Å². The van der Waals surface area contributed by atoms with E-state index in [1.54, 1.807) is 50.5 Å². The molecule has 0 spiro atoms. The van der Waals surface area contributed by atoms with E-state index in [0.29, 0.717) is 22.3 Å². The van der Waals surface area contributed by atoms with Crippen molar-refractivity contribution in [3.63, 3.8) is 0 Å². The van der Waals surface area contributed by atoms with Crippen molar-refractivity contribution >= 4 is 41.0 Å². The Balaban J connectivity index is 0.000000249. The van der Waals surface area contributed by atoms with E-state index in [2.05, 4.69) is 10.6 Å². The minimum Gasteiger partial charge on any atom is -0.508 e. The summed E-state index contributed by atoms with van der Waals surface area (Å²) in [4.78, 5) is 66.5. The molecule has 0 aliphatic rings. The van der Waals surface area contributed by atoms with Gasteiger partial charge in [0.1, 0.15) is 18.1 Å². The molecule has 0 aliphatic heterocycles. The number of phenols is 1. The number of hydrogen-bond acceptors (Lipinski definition) is 8. The Labute approximate surface area is 415 Å². The van der Waals surface area contributed by atoms with Crippen molar-refractivity contribution in [3.8, 4) is 33.8 Å². The van der Waals surface area contributed by atoms with Crippen LogP contribution in [0.3, 0.4) is 0 Å². The lowest BCUT2D eigenvalue weighted by Crippen LogP contribution is -2.24. The fraction of sp³-hybridized carbons (Fsp3) is 0.145. The van der Waals surface area contributed by atoms with Gasteiger partial charge in [0.2, 0.25) is 0 Å². The number of benzene rings is 7. The Morgan fingerprint density at radius 3 is 1.38 bits per heavy atom. The molecule has 3 N–H and O–H groups in total. The molecule has 0 fully saturated rings. The second-order valence-corrected chi connectivity index (χ2v) is 16.4. The van der Waals surface area contributed by atoms with Crippen molar-refractivity contribution < 1.29 is 64.9 Å². The number of phenolic OH excluding ortho intramolecular Hbond substituents is 1. The zero-order valence-corrected chi connectivity index (χ0v) is 39.5. The van der Waals surface area contributed by atoms with Crippen LogP contribution in [-0.4, -0.2) is 79.3 Å². The van der Waals surface area contributed by atoms with Gasteiger partial charge in [-0.25, -0.2) is 4.79 Å². The minimum atomic E-state index is -4.48. The topological polar surface area (TPSA) is 155 Å². The van der Waals surface area contributed by atoms with Gasteiger partial charge in [0.25, 0.3) is 23.6 Å². The first-order valence-corrected chi connectivity index (χ1v) is 22.0. The second kappa shape index (κ2) is 23.3. The summed E-state index contributed by atoms with van der Waals surface area (Å²) in [5.74, 6) is -2.49. The van der Waals surface area contributed by atoms with Crippen LogP contribution >= 0.6 is 0 Å². The molecule has 0 heterocycles. The zero-order valence-electron chi connectivity index (χ0n) is 39.5. The molecule has 7 rings (SSSR count). The van der Waals surface area contributed by atoms with Crippen LogP contribution in [0.4, 0.5) is 37.7 Å². The molecule has 0 saturated carbocycles. The van der Waals surface area contributed by atoms with Gasteiger partial charge in [0.15, 0.2) is 6.61 Å². The maximum Gasteiger partial charge on any atom is 0.416 e. The number of rotatable bonds is 13. The van der Waals surface area contributed by atoms with E-state index < -0.39 is 59.7 Å². The Kier molecular flexibility index (Phi) is 17.1. The molecule has 7 aromatic rings. The van der Waals surface area contributed by atoms with Crippen LogP contribution in [0.1, 0.15) is 58.1 Å². The molecule has 73 heavy (non-hydrogen) atoms. The fourth-order valence-corrected chi connectivity index (χ4v) is 7.04. The summed E-state index contributed by atoms with van der Waals surface area (Å²) in [5, 5.41) is 15.1. The van der Waals surface area contributed by atoms with Crippen LogP contribution in [0.5, 0.6) is 11.5 Å². The maximum absolute atomic E-state index is 13.4. The molecule has 0 bridgehead atoms.